The van der Waals surface area contributed by atoms with Gasteiger partial charge in [-0.2, -0.15) is 0 Å². The van der Waals surface area contributed by atoms with Gasteiger partial charge < -0.3 is 4.90 Å². The van der Waals surface area contributed by atoms with Crippen LogP contribution < -0.4 is 4.90 Å². The molecule has 0 radical (unpaired) electrons. The van der Waals surface area contributed by atoms with Gasteiger partial charge in [0, 0.05) is 54.5 Å². The van der Waals surface area contributed by atoms with Crippen molar-refractivity contribution in [2.75, 3.05) is 31.1 Å². The average molecular weight is 382 g/mol. The van der Waals surface area contributed by atoms with Gasteiger partial charge in [0.05, 0.1) is 5.52 Å². The number of halogens is 1. The number of nitrogens with zero attached hydrogens (tertiary/aromatic N) is 3. The van der Waals surface area contributed by atoms with E-state index in [9.17, 15) is 0 Å². The molecule has 1 saturated heterocycles. The molecule has 122 valence electrons. The van der Waals surface area contributed by atoms with Gasteiger partial charge in [0.2, 0.25) is 0 Å². The summed E-state index contributed by atoms with van der Waals surface area (Å²) >= 11 is 3.58. The predicted octanol–water partition coefficient (Wildman–Crippen LogP) is 4.32. The maximum atomic E-state index is 4.49. The molecule has 0 unspecified atom stereocenters. The van der Waals surface area contributed by atoms with E-state index in [-0.39, 0.29) is 0 Å². The number of benzene rings is 2. The Morgan fingerprint density at radius 3 is 2.50 bits per heavy atom. The minimum absolute atomic E-state index is 1.04. The second kappa shape index (κ2) is 6.91. The molecule has 4 rings (SSSR count). The van der Waals surface area contributed by atoms with E-state index >= 15 is 0 Å². The zero-order valence-corrected chi connectivity index (χ0v) is 15.1. The minimum Gasteiger partial charge on any atom is -0.368 e. The summed E-state index contributed by atoms with van der Waals surface area (Å²) in [6, 6.07) is 19.2. The van der Waals surface area contributed by atoms with Gasteiger partial charge in [-0.15, -0.1) is 0 Å². The number of hydrogen-bond acceptors (Lipinski definition) is 3. The third kappa shape index (κ3) is 3.30. The van der Waals surface area contributed by atoms with E-state index in [1.807, 2.05) is 6.20 Å². The summed E-state index contributed by atoms with van der Waals surface area (Å²) in [7, 11) is 0. The Morgan fingerprint density at radius 1 is 0.917 bits per heavy atom. The van der Waals surface area contributed by atoms with Crippen LogP contribution in [0, 0.1) is 0 Å². The molecule has 3 nitrogen and oxygen atoms in total. The Kier molecular flexibility index (Phi) is 4.50. The smallest absolute Gasteiger partial charge is 0.0723 e. The van der Waals surface area contributed by atoms with Crippen molar-refractivity contribution in [3.8, 4) is 0 Å². The van der Waals surface area contributed by atoms with Crippen LogP contribution >= 0.6 is 15.9 Å². The predicted molar refractivity (Wildman–Crippen MR) is 103 cm³/mol. The molecule has 24 heavy (non-hydrogen) atoms. The summed E-state index contributed by atoms with van der Waals surface area (Å²) in [6.45, 7) is 5.33. The molecule has 3 aromatic rings. The number of pyridine rings is 1. The highest BCUT2D eigenvalue weighted by atomic mass is 79.9. The third-order valence-electron chi connectivity index (χ3n) is 4.64. The van der Waals surface area contributed by atoms with Crippen LogP contribution in [-0.4, -0.2) is 36.1 Å². The number of rotatable bonds is 3. The molecule has 1 aromatic heterocycles. The van der Waals surface area contributed by atoms with Crippen LogP contribution in [0.3, 0.4) is 0 Å². The lowest BCUT2D eigenvalue weighted by atomic mass is 10.1. The van der Waals surface area contributed by atoms with Crippen molar-refractivity contribution >= 4 is 32.5 Å². The Hall–Kier alpha value is -1.91. The van der Waals surface area contributed by atoms with Crippen molar-refractivity contribution in [2.24, 2.45) is 0 Å². The molecule has 2 aromatic carbocycles. The zero-order valence-electron chi connectivity index (χ0n) is 13.5. The zero-order chi connectivity index (χ0) is 16.4. The highest BCUT2D eigenvalue weighted by Crippen LogP contribution is 2.28. The summed E-state index contributed by atoms with van der Waals surface area (Å²) in [5.74, 6) is 0. The fraction of sp³-hybridized carbons (Fsp3) is 0.250. The second-order valence-electron chi connectivity index (χ2n) is 6.24. The van der Waals surface area contributed by atoms with Gasteiger partial charge in [-0.3, -0.25) is 9.88 Å². The van der Waals surface area contributed by atoms with Gasteiger partial charge in [-0.25, -0.2) is 0 Å². The molecule has 0 saturated carbocycles. The molecule has 1 aliphatic heterocycles. The average Bonchev–Trinajstić information content (AvgIpc) is 2.63. The molecular weight excluding hydrogens is 362 g/mol. The van der Waals surface area contributed by atoms with Crippen LogP contribution in [0.4, 0.5) is 5.69 Å². The van der Waals surface area contributed by atoms with Crippen LogP contribution in [0.25, 0.3) is 10.9 Å². The minimum atomic E-state index is 1.04. The highest BCUT2D eigenvalue weighted by Gasteiger charge is 2.19. The Bertz CT molecular complexity index is 827. The standard InChI is InChI=1S/C20H20BrN3/c21-17-6-7-19-18(14-17)20(8-9-22-19)24-12-10-23(11-13-24)15-16-4-2-1-3-5-16/h1-9,14H,10-13,15H2. The lowest BCUT2D eigenvalue weighted by molar-refractivity contribution is 0.250. The quantitative estimate of drug-likeness (QED) is 0.673. The molecular formula is C20H20BrN3. The lowest BCUT2D eigenvalue weighted by Crippen LogP contribution is -2.46. The third-order valence-corrected chi connectivity index (χ3v) is 5.14. The number of fused-ring (bicyclic) bond motifs is 1. The SMILES string of the molecule is Brc1ccc2nccc(N3CCN(Cc4ccccc4)CC3)c2c1. The largest absolute Gasteiger partial charge is 0.368 e. The number of piperazine rings is 1. The van der Waals surface area contributed by atoms with Gasteiger partial charge in [0.25, 0.3) is 0 Å². The molecule has 0 aliphatic carbocycles. The van der Waals surface area contributed by atoms with Crippen molar-refractivity contribution in [1.29, 1.82) is 0 Å². The monoisotopic (exact) mass is 381 g/mol. The topological polar surface area (TPSA) is 19.4 Å². The second-order valence-corrected chi connectivity index (χ2v) is 7.16. The van der Waals surface area contributed by atoms with Crippen LogP contribution in [0.15, 0.2) is 65.3 Å². The van der Waals surface area contributed by atoms with Gasteiger partial charge in [-0.1, -0.05) is 46.3 Å². The van der Waals surface area contributed by atoms with Crippen LogP contribution in [0.5, 0.6) is 0 Å². The van der Waals surface area contributed by atoms with E-state index in [4.69, 9.17) is 0 Å². The number of anilines is 1. The molecule has 0 spiro atoms. The summed E-state index contributed by atoms with van der Waals surface area (Å²) < 4.78 is 1.10. The first kappa shape index (κ1) is 15.6. The van der Waals surface area contributed by atoms with E-state index < -0.39 is 0 Å². The first-order valence-corrected chi connectivity index (χ1v) is 9.14. The van der Waals surface area contributed by atoms with Gasteiger partial charge >= 0.3 is 0 Å². The van der Waals surface area contributed by atoms with E-state index in [2.05, 4.69) is 85.3 Å². The molecule has 2 heterocycles. The first-order chi connectivity index (χ1) is 11.8. The highest BCUT2D eigenvalue weighted by molar-refractivity contribution is 9.10. The molecule has 0 N–H and O–H groups in total. The van der Waals surface area contributed by atoms with Gasteiger partial charge in [-0.05, 0) is 29.8 Å². The molecule has 0 atom stereocenters. The number of aromatic nitrogens is 1. The van der Waals surface area contributed by atoms with Crippen LogP contribution in [-0.2, 0) is 6.54 Å². The van der Waals surface area contributed by atoms with Crippen molar-refractivity contribution in [3.05, 3.63) is 70.8 Å². The normalized spacial score (nSPS) is 15.8. The van der Waals surface area contributed by atoms with E-state index in [0.717, 1.165) is 42.7 Å². The molecule has 1 fully saturated rings. The fourth-order valence-corrected chi connectivity index (χ4v) is 3.73. The maximum absolute atomic E-state index is 4.49. The Balaban J connectivity index is 1.49. The van der Waals surface area contributed by atoms with Gasteiger partial charge in [0.15, 0.2) is 0 Å². The Morgan fingerprint density at radius 2 is 1.71 bits per heavy atom. The van der Waals surface area contributed by atoms with Crippen molar-refractivity contribution in [3.63, 3.8) is 0 Å². The fourth-order valence-electron chi connectivity index (χ4n) is 3.37. The van der Waals surface area contributed by atoms with E-state index in [0.29, 0.717) is 0 Å². The maximum Gasteiger partial charge on any atom is 0.0723 e. The van der Waals surface area contributed by atoms with Crippen LogP contribution in [0.1, 0.15) is 5.56 Å². The first-order valence-electron chi connectivity index (χ1n) is 8.35. The summed E-state index contributed by atoms with van der Waals surface area (Å²) in [5, 5.41) is 1.23. The summed E-state index contributed by atoms with van der Waals surface area (Å²) in [5.41, 5.74) is 3.74. The number of hydrogen-bond donors (Lipinski definition) is 0. The molecule has 4 heteroatoms. The van der Waals surface area contributed by atoms with E-state index in [1.165, 1.54) is 16.6 Å². The molecule has 0 bridgehead atoms. The lowest BCUT2D eigenvalue weighted by Gasteiger charge is -2.36. The van der Waals surface area contributed by atoms with Crippen molar-refractivity contribution in [1.82, 2.24) is 9.88 Å². The van der Waals surface area contributed by atoms with E-state index in [1.54, 1.807) is 0 Å². The van der Waals surface area contributed by atoms with Gasteiger partial charge in [0.1, 0.15) is 0 Å². The molecule has 0 amide bonds. The summed E-state index contributed by atoms with van der Waals surface area (Å²) in [4.78, 5) is 9.51. The van der Waals surface area contributed by atoms with Crippen LogP contribution in [0.2, 0.25) is 0 Å². The van der Waals surface area contributed by atoms with Crippen molar-refractivity contribution in [2.45, 2.75) is 6.54 Å². The summed E-state index contributed by atoms with van der Waals surface area (Å²) in [6.07, 6.45) is 1.92. The molecule has 1 aliphatic rings. The van der Waals surface area contributed by atoms with Crippen molar-refractivity contribution < 1.29 is 0 Å². The Labute approximate surface area is 151 Å².